The zero-order valence-electron chi connectivity index (χ0n) is 13.5. The van der Waals surface area contributed by atoms with Gasteiger partial charge < -0.3 is 15.7 Å². The molecule has 1 aliphatic heterocycles. The number of halogens is 5. The highest BCUT2D eigenvalue weighted by molar-refractivity contribution is 7.16. The van der Waals surface area contributed by atoms with Crippen LogP contribution in [0, 0.1) is 0 Å². The molecule has 1 aromatic carbocycles. The summed E-state index contributed by atoms with van der Waals surface area (Å²) in [5.74, 6) is -6.12. The molecule has 0 bridgehead atoms. The number of amides is 1. The quantitative estimate of drug-likeness (QED) is 0.661. The Kier molecular flexibility index (Phi) is 6.31. The molecule has 1 aromatic heterocycles. The number of piperidine rings is 1. The van der Waals surface area contributed by atoms with Gasteiger partial charge in [0.05, 0.1) is 15.7 Å². The molecule has 6 nitrogen and oxygen atoms in total. The number of nitrogens with zero attached hydrogens (tertiary/aromatic N) is 1. The normalized spacial score (nSPS) is 19.1. The highest BCUT2D eigenvalue weighted by Crippen LogP contribution is 2.25. The fraction of sp³-hybridized carbons (Fsp3) is 0.400. The standard InChI is InChI=1S/C13H13F2N3OS.C2HF3O2/c14-13(15)3-4-16-6-11(13)18-12(19)8-1-2-10-9(5-8)17-7-20-10;3-2(4,5)1(6)7/h1-2,5,7,11,16H,3-4,6H2,(H,18,19);(H,6,7)/t11-;/m1./s1. The third kappa shape index (κ3) is 5.57. The lowest BCUT2D eigenvalue weighted by Gasteiger charge is -2.32. The molecule has 3 N–H and O–H groups in total. The van der Waals surface area contributed by atoms with Crippen LogP contribution in [0.2, 0.25) is 0 Å². The second kappa shape index (κ2) is 8.13. The molecule has 0 radical (unpaired) electrons. The number of carbonyl (C=O) groups is 2. The number of carboxylic acid groups (broad SMARTS) is 1. The summed E-state index contributed by atoms with van der Waals surface area (Å²) in [4.78, 5) is 25.1. The number of hydrogen-bond donors (Lipinski definition) is 3. The first-order valence-electron chi connectivity index (χ1n) is 7.53. The van der Waals surface area contributed by atoms with Gasteiger partial charge in [-0.2, -0.15) is 13.2 Å². The predicted octanol–water partition coefficient (Wildman–Crippen LogP) is 2.66. The molecule has 0 aliphatic carbocycles. The lowest BCUT2D eigenvalue weighted by molar-refractivity contribution is -0.192. The van der Waals surface area contributed by atoms with Crippen molar-refractivity contribution in [3.8, 4) is 0 Å². The van der Waals surface area contributed by atoms with Gasteiger partial charge in [-0.05, 0) is 18.2 Å². The molecule has 1 aliphatic rings. The van der Waals surface area contributed by atoms with Crippen LogP contribution in [0.25, 0.3) is 10.2 Å². The number of carboxylic acids is 1. The molecule has 12 heteroatoms. The Morgan fingerprint density at radius 3 is 2.59 bits per heavy atom. The van der Waals surface area contributed by atoms with Crippen LogP contribution in [-0.2, 0) is 4.79 Å². The predicted molar refractivity (Wildman–Crippen MR) is 87.0 cm³/mol. The number of nitrogens with one attached hydrogen (secondary N) is 2. The Labute approximate surface area is 153 Å². The Morgan fingerprint density at radius 1 is 1.33 bits per heavy atom. The zero-order valence-corrected chi connectivity index (χ0v) is 14.3. The number of carbonyl (C=O) groups excluding carboxylic acids is 1. The second-order valence-electron chi connectivity index (χ2n) is 5.58. The molecule has 2 heterocycles. The fourth-order valence-electron chi connectivity index (χ4n) is 2.22. The van der Waals surface area contributed by atoms with E-state index in [0.29, 0.717) is 11.1 Å². The smallest absolute Gasteiger partial charge is 0.475 e. The Hall–Kier alpha value is -2.34. The van der Waals surface area contributed by atoms with Crippen molar-refractivity contribution in [2.24, 2.45) is 0 Å². The van der Waals surface area contributed by atoms with Crippen LogP contribution in [0.5, 0.6) is 0 Å². The van der Waals surface area contributed by atoms with Crippen LogP contribution in [0.4, 0.5) is 22.0 Å². The molecular weight excluding hydrogens is 397 g/mol. The monoisotopic (exact) mass is 411 g/mol. The first kappa shape index (κ1) is 21.0. The lowest BCUT2D eigenvalue weighted by atomic mass is 10.0. The van der Waals surface area contributed by atoms with E-state index in [1.54, 1.807) is 23.7 Å². The first-order chi connectivity index (χ1) is 12.5. The van der Waals surface area contributed by atoms with Gasteiger partial charge in [0.1, 0.15) is 6.04 Å². The van der Waals surface area contributed by atoms with Gasteiger partial charge in [-0.1, -0.05) is 0 Å². The summed E-state index contributed by atoms with van der Waals surface area (Å²) < 4.78 is 60.1. The minimum atomic E-state index is -5.08. The van der Waals surface area contributed by atoms with Gasteiger partial charge in [0.15, 0.2) is 0 Å². The van der Waals surface area contributed by atoms with E-state index < -0.39 is 30.0 Å². The summed E-state index contributed by atoms with van der Waals surface area (Å²) in [7, 11) is 0. The molecule has 0 saturated carbocycles. The average Bonchev–Trinajstić information content (AvgIpc) is 3.04. The van der Waals surface area contributed by atoms with Crippen LogP contribution in [0.3, 0.4) is 0 Å². The topological polar surface area (TPSA) is 91.3 Å². The van der Waals surface area contributed by atoms with Crippen molar-refractivity contribution in [1.29, 1.82) is 0 Å². The first-order valence-corrected chi connectivity index (χ1v) is 8.41. The maximum absolute atomic E-state index is 13.7. The van der Waals surface area contributed by atoms with Crippen molar-refractivity contribution in [1.82, 2.24) is 15.6 Å². The summed E-state index contributed by atoms with van der Waals surface area (Å²) in [5, 5.41) is 12.4. The summed E-state index contributed by atoms with van der Waals surface area (Å²) >= 11 is 1.47. The fourth-order valence-corrected chi connectivity index (χ4v) is 2.88. The zero-order chi connectivity index (χ0) is 20.2. The molecule has 1 amide bonds. The summed E-state index contributed by atoms with van der Waals surface area (Å²) in [6.45, 7) is 0.349. The summed E-state index contributed by atoms with van der Waals surface area (Å²) in [5.41, 5.74) is 2.74. The summed E-state index contributed by atoms with van der Waals surface area (Å²) in [6, 6.07) is 3.86. The number of benzene rings is 1. The molecule has 148 valence electrons. The average molecular weight is 411 g/mol. The molecule has 0 unspecified atom stereocenters. The molecule has 0 spiro atoms. The highest BCUT2D eigenvalue weighted by Gasteiger charge is 2.42. The van der Waals surface area contributed by atoms with Crippen molar-refractivity contribution >= 4 is 33.4 Å². The number of aliphatic carboxylic acids is 1. The SMILES string of the molecule is O=C(N[C@@H]1CNCCC1(F)F)c1ccc2scnc2c1.O=C(O)C(F)(F)F. The van der Waals surface area contributed by atoms with Crippen LogP contribution < -0.4 is 10.6 Å². The Bertz CT molecular complexity index is 824. The van der Waals surface area contributed by atoms with E-state index in [4.69, 9.17) is 9.90 Å². The van der Waals surface area contributed by atoms with Gasteiger partial charge in [-0.3, -0.25) is 4.79 Å². The minimum Gasteiger partial charge on any atom is -0.475 e. The van der Waals surface area contributed by atoms with Crippen LogP contribution >= 0.6 is 11.3 Å². The van der Waals surface area contributed by atoms with Crippen molar-refractivity contribution in [2.45, 2.75) is 24.6 Å². The van der Waals surface area contributed by atoms with Crippen LogP contribution in [0.15, 0.2) is 23.7 Å². The highest BCUT2D eigenvalue weighted by atomic mass is 32.1. The van der Waals surface area contributed by atoms with Crippen LogP contribution in [0.1, 0.15) is 16.8 Å². The van der Waals surface area contributed by atoms with E-state index in [0.717, 1.165) is 4.70 Å². The van der Waals surface area contributed by atoms with Gasteiger partial charge >= 0.3 is 12.1 Å². The minimum absolute atomic E-state index is 0.0810. The van der Waals surface area contributed by atoms with Crippen LogP contribution in [-0.4, -0.2) is 53.2 Å². The van der Waals surface area contributed by atoms with Gasteiger partial charge in [0.2, 0.25) is 0 Å². The maximum Gasteiger partial charge on any atom is 0.490 e. The third-order valence-electron chi connectivity index (χ3n) is 3.63. The number of alkyl halides is 5. The molecule has 27 heavy (non-hydrogen) atoms. The number of thiazole rings is 1. The Balaban J connectivity index is 0.000000321. The van der Waals surface area contributed by atoms with E-state index in [1.807, 2.05) is 0 Å². The third-order valence-corrected chi connectivity index (χ3v) is 4.44. The number of aromatic nitrogens is 1. The number of rotatable bonds is 2. The van der Waals surface area contributed by atoms with Crippen molar-refractivity contribution < 1.29 is 36.6 Å². The van der Waals surface area contributed by atoms with Gasteiger partial charge in [-0.25, -0.2) is 18.6 Å². The lowest BCUT2D eigenvalue weighted by Crippen LogP contribution is -2.57. The van der Waals surface area contributed by atoms with E-state index in [1.165, 1.54) is 11.3 Å². The number of fused-ring (bicyclic) bond motifs is 1. The van der Waals surface area contributed by atoms with Gasteiger partial charge in [-0.15, -0.1) is 11.3 Å². The number of hydrogen-bond acceptors (Lipinski definition) is 5. The Morgan fingerprint density at radius 2 is 2.00 bits per heavy atom. The van der Waals surface area contributed by atoms with Crippen molar-refractivity contribution in [3.05, 3.63) is 29.3 Å². The molecule has 3 rings (SSSR count). The van der Waals surface area contributed by atoms with E-state index >= 15 is 0 Å². The van der Waals surface area contributed by atoms with Crippen molar-refractivity contribution in [2.75, 3.05) is 13.1 Å². The second-order valence-corrected chi connectivity index (χ2v) is 6.47. The molecule has 1 fully saturated rings. The van der Waals surface area contributed by atoms with Crippen molar-refractivity contribution in [3.63, 3.8) is 0 Å². The molecule has 1 atom stereocenters. The van der Waals surface area contributed by atoms with E-state index in [9.17, 15) is 26.7 Å². The molecule has 2 aromatic rings. The van der Waals surface area contributed by atoms with E-state index in [-0.39, 0.29) is 19.5 Å². The van der Waals surface area contributed by atoms with Gasteiger partial charge in [0.25, 0.3) is 11.8 Å². The molecular formula is C15H14F5N3O3S. The van der Waals surface area contributed by atoms with Gasteiger partial charge in [0, 0.05) is 25.1 Å². The summed E-state index contributed by atoms with van der Waals surface area (Å²) in [6.07, 6.45) is -5.34. The maximum atomic E-state index is 13.7. The molecule has 1 saturated heterocycles. The van der Waals surface area contributed by atoms with E-state index in [2.05, 4.69) is 15.6 Å². The largest absolute Gasteiger partial charge is 0.490 e.